The summed E-state index contributed by atoms with van der Waals surface area (Å²) in [5, 5.41) is 1.06. The number of nitrogens with two attached hydrogens (primary N) is 2. The summed E-state index contributed by atoms with van der Waals surface area (Å²) in [6.07, 6.45) is 9.00. The summed E-state index contributed by atoms with van der Waals surface area (Å²) in [6, 6.07) is 10.8. The minimum atomic E-state index is -0.439. The highest BCUT2D eigenvalue weighted by atomic mass is 79.9. The molecule has 4 aromatic rings. The fraction of sp³-hybridized carbons (Fsp3) is 0.452. The second-order valence-corrected chi connectivity index (χ2v) is 14.2. The Balaban J connectivity index is 0.000000190. The molecule has 46 heavy (non-hydrogen) atoms. The largest absolute Gasteiger partial charge is 0.465 e. The predicted octanol–water partition coefficient (Wildman–Crippen LogP) is 7.01. The molecule has 0 bridgehead atoms. The summed E-state index contributed by atoms with van der Waals surface area (Å²) in [7, 11) is 3.92. The Kier molecular flexibility index (Phi) is 17.6. The van der Waals surface area contributed by atoms with Crippen LogP contribution < -0.4 is 21.7 Å². The van der Waals surface area contributed by atoms with Gasteiger partial charge >= 0.3 is 5.97 Å². The van der Waals surface area contributed by atoms with E-state index in [-0.39, 0.29) is 5.56 Å². The van der Waals surface area contributed by atoms with Crippen LogP contribution in [0.3, 0.4) is 0 Å². The summed E-state index contributed by atoms with van der Waals surface area (Å²) < 4.78 is 17.8. The molecule has 1 saturated heterocycles. The van der Waals surface area contributed by atoms with Gasteiger partial charge in [0.1, 0.15) is 5.82 Å². The number of methoxy groups -OCH3 is 1. The average Bonchev–Trinajstić information content (AvgIpc) is 3.72. The maximum absolute atomic E-state index is 12.3. The third-order valence-electron chi connectivity index (χ3n) is 6.76. The molecule has 0 amide bonds. The fourth-order valence-corrected chi connectivity index (χ4v) is 7.09. The van der Waals surface area contributed by atoms with Gasteiger partial charge in [0, 0.05) is 45.7 Å². The molecular formula is C31H39Br2ClN6O4S2. The predicted molar refractivity (Wildman–Crippen MR) is 194 cm³/mol. The molecule has 0 spiro atoms. The highest BCUT2D eigenvalue weighted by Gasteiger charge is 2.14. The van der Waals surface area contributed by atoms with Gasteiger partial charge in [0.25, 0.3) is 5.56 Å². The zero-order valence-electron chi connectivity index (χ0n) is 25.7. The van der Waals surface area contributed by atoms with E-state index in [9.17, 15) is 9.59 Å². The Labute approximate surface area is 298 Å². The molecule has 0 unspecified atom stereocenters. The average molecular weight is 819 g/mol. The van der Waals surface area contributed by atoms with Crippen molar-refractivity contribution in [3.63, 3.8) is 0 Å². The first-order valence-corrected chi connectivity index (χ1v) is 19.1. The van der Waals surface area contributed by atoms with E-state index in [4.69, 9.17) is 32.5 Å². The van der Waals surface area contributed by atoms with Gasteiger partial charge in [-0.1, -0.05) is 49.9 Å². The molecule has 10 nitrogen and oxygen atoms in total. The van der Waals surface area contributed by atoms with Crippen LogP contribution in [0.1, 0.15) is 61.1 Å². The number of nitrogens with zero attached hydrogens (tertiary/aromatic N) is 4. The van der Waals surface area contributed by atoms with E-state index in [1.54, 1.807) is 18.2 Å². The first-order chi connectivity index (χ1) is 22.3. The number of benzene rings is 2. The van der Waals surface area contributed by atoms with E-state index >= 15 is 0 Å². The number of unbranched alkanes of at least 4 members (excludes halogenated alkanes) is 1. The summed E-state index contributed by atoms with van der Waals surface area (Å²) in [4.78, 5) is 32.9. The lowest BCUT2D eigenvalue weighted by Gasteiger charge is -2.09. The van der Waals surface area contributed by atoms with E-state index in [2.05, 4.69) is 46.2 Å². The van der Waals surface area contributed by atoms with Crippen LogP contribution in [0.5, 0.6) is 0 Å². The molecule has 0 saturated carbocycles. The molecule has 2 aliphatic heterocycles. The highest BCUT2D eigenvalue weighted by molar-refractivity contribution is 9.10. The van der Waals surface area contributed by atoms with Gasteiger partial charge < -0.3 is 20.9 Å². The molecule has 250 valence electrons. The molecule has 2 aliphatic rings. The Bertz CT molecular complexity index is 1670. The van der Waals surface area contributed by atoms with Crippen LogP contribution in [-0.2, 0) is 22.4 Å². The zero-order chi connectivity index (χ0) is 33.3. The van der Waals surface area contributed by atoms with Crippen molar-refractivity contribution >= 4 is 86.9 Å². The number of esters is 1. The number of carbonyl (C=O) groups excluding carboxylic acids is 1. The van der Waals surface area contributed by atoms with Crippen LogP contribution in [-0.4, -0.2) is 53.3 Å². The molecule has 4 N–H and O–H groups in total. The van der Waals surface area contributed by atoms with E-state index < -0.39 is 5.97 Å². The van der Waals surface area contributed by atoms with E-state index in [0.717, 1.165) is 90.6 Å². The summed E-state index contributed by atoms with van der Waals surface area (Å²) in [5.74, 6) is 0.503. The summed E-state index contributed by atoms with van der Waals surface area (Å²) in [6.45, 7) is 4.36. The second-order valence-electron chi connectivity index (χ2n) is 10.2. The molecule has 1 fully saturated rings. The van der Waals surface area contributed by atoms with Crippen LogP contribution in [0.15, 0.2) is 55.1 Å². The number of rotatable bonds is 5. The lowest BCUT2D eigenvalue weighted by Crippen LogP contribution is -2.24. The first-order valence-electron chi connectivity index (χ1n) is 15.0. The fourth-order valence-electron chi connectivity index (χ4n) is 4.40. The van der Waals surface area contributed by atoms with Gasteiger partial charge in [0.2, 0.25) is 0 Å². The molecule has 2 aromatic heterocycles. The lowest BCUT2D eigenvalue weighted by molar-refractivity contribution is 0.0601. The summed E-state index contributed by atoms with van der Waals surface area (Å²) in [5.41, 5.74) is 12.1. The van der Waals surface area contributed by atoms with Crippen molar-refractivity contribution < 1.29 is 14.3 Å². The Morgan fingerprint density at radius 1 is 1.04 bits per heavy atom. The standard InChI is InChI=1S/C13H13BrN2O.C10H6BrClN2O2S2.C4H12N2.C4H8O/c14-9-5-6-10-11(8-9)15-12-4-2-1-3-7-16(12)13(10)17;1-16-10(15)6-3-2-5(11)4-7(6)13-9-8(12)14-18-17-9;5-3-1-2-4-6;1-2-4-5-3-1/h5-6,8H,1-4,7H2;2-4H,1H3;1-6H2;1-4H2. The first kappa shape index (κ1) is 38.4. The van der Waals surface area contributed by atoms with Gasteiger partial charge in [0.15, 0.2) is 9.82 Å². The smallest absolute Gasteiger partial charge is 0.340 e. The third kappa shape index (κ3) is 12.2. The van der Waals surface area contributed by atoms with Crippen LogP contribution in [0.4, 0.5) is 5.69 Å². The van der Waals surface area contributed by atoms with Gasteiger partial charge in [-0.3, -0.25) is 9.36 Å². The van der Waals surface area contributed by atoms with Gasteiger partial charge in [-0.2, -0.15) is 4.37 Å². The molecule has 0 aliphatic carbocycles. The minimum Gasteiger partial charge on any atom is -0.465 e. The number of aromatic nitrogens is 3. The summed E-state index contributed by atoms with van der Waals surface area (Å²) >= 11 is 12.6. The number of hydrogen-bond donors (Lipinski definition) is 2. The minimum absolute atomic E-state index is 0.111. The Morgan fingerprint density at radius 3 is 2.35 bits per heavy atom. The molecule has 4 heterocycles. The molecule has 0 radical (unpaired) electrons. The van der Waals surface area contributed by atoms with Crippen LogP contribution in [0.2, 0.25) is 5.15 Å². The van der Waals surface area contributed by atoms with Crippen molar-refractivity contribution in [1.82, 2.24) is 13.9 Å². The van der Waals surface area contributed by atoms with Crippen molar-refractivity contribution in [3.05, 3.63) is 76.9 Å². The molecular weight excluding hydrogens is 780 g/mol. The van der Waals surface area contributed by atoms with Crippen LogP contribution in [0.25, 0.3) is 10.9 Å². The number of carbonyl (C=O) groups is 1. The second kappa shape index (κ2) is 21.0. The maximum Gasteiger partial charge on any atom is 0.340 e. The third-order valence-corrected chi connectivity index (χ3v) is 9.92. The Hall–Kier alpha value is -2.04. The molecule has 2 aromatic carbocycles. The van der Waals surface area contributed by atoms with Gasteiger partial charge in [-0.15, -0.1) is 0 Å². The number of fused-ring (bicyclic) bond motifs is 2. The maximum atomic E-state index is 12.3. The van der Waals surface area contributed by atoms with Crippen LogP contribution in [0, 0.1) is 0 Å². The molecule has 0 atom stereocenters. The van der Waals surface area contributed by atoms with Gasteiger partial charge in [-0.25, -0.2) is 14.8 Å². The quantitative estimate of drug-likeness (QED) is 0.124. The lowest BCUT2D eigenvalue weighted by atomic mass is 10.2. The van der Waals surface area contributed by atoms with E-state index in [0.29, 0.717) is 21.1 Å². The van der Waals surface area contributed by atoms with Crippen molar-refractivity contribution in [2.24, 2.45) is 16.5 Å². The van der Waals surface area contributed by atoms with Crippen LogP contribution >= 0.6 is 64.3 Å². The normalized spacial score (nSPS) is 14.1. The van der Waals surface area contributed by atoms with Crippen molar-refractivity contribution in [2.45, 2.75) is 57.9 Å². The topological polar surface area (TPSA) is 148 Å². The highest BCUT2D eigenvalue weighted by Crippen LogP contribution is 2.25. The number of aryl methyl sites for hydroxylation is 1. The molecule has 6 rings (SSSR count). The SMILES string of the molecule is C1CCOC1.COC(=O)c1ccc(Br)cc1N=c1ssnc1Cl.NCCCCN.O=c1c2ccc(Br)cc2nc2n1CCCCC2. The monoisotopic (exact) mass is 816 g/mol. The number of hydrogen-bond acceptors (Lipinski definition) is 11. The Morgan fingerprint density at radius 2 is 1.74 bits per heavy atom. The van der Waals surface area contributed by atoms with Gasteiger partial charge in [-0.05, 0) is 98.4 Å². The van der Waals surface area contributed by atoms with Crippen molar-refractivity contribution in [3.8, 4) is 0 Å². The molecule has 15 heteroatoms. The number of halogens is 3. The zero-order valence-corrected chi connectivity index (χ0v) is 31.2. The van der Waals surface area contributed by atoms with Crippen molar-refractivity contribution in [2.75, 3.05) is 33.4 Å². The van der Waals surface area contributed by atoms with E-state index in [1.807, 2.05) is 22.8 Å². The van der Waals surface area contributed by atoms with E-state index in [1.165, 1.54) is 47.2 Å². The van der Waals surface area contributed by atoms with Gasteiger partial charge in [0.05, 0.1) is 29.3 Å². The number of ether oxygens (including phenoxy) is 2. The van der Waals surface area contributed by atoms with Crippen molar-refractivity contribution in [1.29, 1.82) is 0 Å².